The molecule has 10 heteroatoms. The second-order valence-electron chi connectivity index (χ2n) is 9.67. The maximum atomic E-state index is 5.59. The Morgan fingerprint density at radius 1 is 1.03 bits per heavy atom. The largest absolute Gasteiger partial charge is 0.493 e. The Bertz CT molecular complexity index is 1360. The standard InChI is InChI=1S/C27H33N7O3/c1-35-23-14-19-7-11-33(17-20(19)15-24(23)36-2)18-21-16-29-27(28-8-12-32-9-3-4-10-32)34-26(21)30-25(31-34)22-6-5-13-37-22/h5-6,13-16H,3-4,7-12,17-18H2,1-2H3,(H,28,29). The van der Waals surface area contributed by atoms with Crippen LogP contribution >= 0.6 is 0 Å². The van der Waals surface area contributed by atoms with E-state index in [4.69, 9.17) is 29.0 Å². The number of nitrogens with one attached hydrogen (secondary N) is 1. The highest BCUT2D eigenvalue weighted by Gasteiger charge is 2.22. The summed E-state index contributed by atoms with van der Waals surface area (Å²) in [7, 11) is 3.36. The van der Waals surface area contributed by atoms with Crippen LogP contribution in [0.5, 0.6) is 11.5 Å². The molecule has 0 radical (unpaired) electrons. The fourth-order valence-electron chi connectivity index (χ4n) is 5.31. The van der Waals surface area contributed by atoms with Crippen molar-refractivity contribution in [3.63, 3.8) is 0 Å². The molecule has 194 valence electrons. The van der Waals surface area contributed by atoms with E-state index >= 15 is 0 Å². The number of aromatic nitrogens is 4. The molecule has 0 spiro atoms. The maximum absolute atomic E-state index is 5.59. The lowest BCUT2D eigenvalue weighted by atomic mass is 9.98. The van der Waals surface area contributed by atoms with Crippen molar-refractivity contribution >= 4 is 11.6 Å². The molecule has 1 fully saturated rings. The molecule has 1 N–H and O–H groups in total. The molecule has 10 nitrogen and oxygen atoms in total. The van der Waals surface area contributed by atoms with Crippen LogP contribution in [0.15, 0.2) is 41.1 Å². The summed E-state index contributed by atoms with van der Waals surface area (Å²) >= 11 is 0. The van der Waals surface area contributed by atoms with Gasteiger partial charge in [-0.05, 0) is 67.7 Å². The zero-order chi connectivity index (χ0) is 25.2. The molecule has 1 aromatic carbocycles. The third-order valence-corrected chi connectivity index (χ3v) is 7.28. The first-order valence-electron chi connectivity index (χ1n) is 12.9. The van der Waals surface area contributed by atoms with Gasteiger partial charge in [0, 0.05) is 44.5 Å². The lowest BCUT2D eigenvalue weighted by Gasteiger charge is -2.29. The van der Waals surface area contributed by atoms with Gasteiger partial charge in [0.2, 0.25) is 11.8 Å². The zero-order valence-electron chi connectivity index (χ0n) is 21.4. The minimum absolute atomic E-state index is 0.558. The molecule has 2 aliphatic heterocycles. The highest BCUT2D eigenvalue weighted by Crippen LogP contribution is 2.34. The van der Waals surface area contributed by atoms with Crippen molar-refractivity contribution in [2.75, 3.05) is 52.3 Å². The van der Waals surface area contributed by atoms with Crippen LogP contribution in [0, 0.1) is 0 Å². The SMILES string of the molecule is COc1cc2c(cc1OC)CN(Cc1cnc(NCCN3CCCC3)n3nc(-c4ccco4)nc13)CC2. The van der Waals surface area contributed by atoms with Gasteiger partial charge in [-0.2, -0.15) is 4.52 Å². The molecular weight excluding hydrogens is 470 g/mol. The lowest BCUT2D eigenvalue weighted by Crippen LogP contribution is -2.30. The third kappa shape index (κ3) is 4.86. The van der Waals surface area contributed by atoms with E-state index in [2.05, 4.69) is 27.2 Å². The quantitative estimate of drug-likeness (QED) is 0.368. The van der Waals surface area contributed by atoms with Crippen LogP contribution in [-0.4, -0.2) is 76.3 Å². The predicted molar refractivity (Wildman–Crippen MR) is 140 cm³/mol. The molecule has 0 aliphatic carbocycles. The predicted octanol–water partition coefficient (Wildman–Crippen LogP) is 3.47. The van der Waals surface area contributed by atoms with Crippen LogP contribution in [0.1, 0.15) is 29.5 Å². The molecule has 0 bridgehead atoms. The first kappa shape index (κ1) is 23.7. The summed E-state index contributed by atoms with van der Waals surface area (Å²) in [4.78, 5) is 14.5. The topological polar surface area (TPSA) is 93.2 Å². The average molecular weight is 504 g/mol. The van der Waals surface area contributed by atoms with E-state index in [1.54, 1.807) is 20.5 Å². The summed E-state index contributed by atoms with van der Waals surface area (Å²) < 4.78 is 18.4. The van der Waals surface area contributed by atoms with Crippen LogP contribution in [0.25, 0.3) is 17.2 Å². The van der Waals surface area contributed by atoms with Crippen molar-refractivity contribution in [2.24, 2.45) is 0 Å². The number of hydrogen-bond donors (Lipinski definition) is 1. The molecule has 0 saturated carbocycles. The Balaban J connectivity index is 1.25. The van der Waals surface area contributed by atoms with Gasteiger partial charge in [0.15, 0.2) is 22.9 Å². The van der Waals surface area contributed by atoms with Crippen LogP contribution in [0.4, 0.5) is 5.95 Å². The monoisotopic (exact) mass is 503 g/mol. The van der Waals surface area contributed by atoms with E-state index in [1.807, 2.05) is 22.8 Å². The van der Waals surface area contributed by atoms with Gasteiger partial charge in [0.1, 0.15) is 0 Å². The Labute approximate surface area is 216 Å². The maximum Gasteiger partial charge on any atom is 0.225 e. The summed E-state index contributed by atoms with van der Waals surface area (Å²) in [6.07, 6.45) is 7.09. The number of likely N-dealkylation sites (tertiary alicyclic amines) is 1. The number of fused-ring (bicyclic) bond motifs is 2. The average Bonchev–Trinajstić information content (AvgIpc) is 3.71. The molecule has 6 rings (SSSR count). The highest BCUT2D eigenvalue weighted by atomic mass is 16.5. The number of nitrogens with zero attached hydrogens (tertiary/aromatic N) is 6. The number of anilines is 1. The number of methoxy groups -OCH3 is 2. The Morgan fingerprint density at radius 3 is 2.59 bits per heavy atom. The van der Waals surface area contributed by atoms with E-state index < -0.39 is 0 Å². The van der Waals surface area contributed by atoms with Crippen molar-refractivity contribution in [1.29, 1.82) is 0 Å². The fourth-order valence-corrected chi connectivity index (χ4v) is 5.31. The van der Waals surface area contributed by atoms with Crippen LogP contribution in [0.2, 0.25) is 0 Å². The van der Waals surface area contributed by atoms with Gasteiger partial charge in [0.25, 0.3) is 0 Å². The summed E-state index contributed by atoms with van der Waals surface area (Å²) in [5.41, 5.74) is 4.38. The fraction of sp³-hybridized carbons (Fsp3) is 0.444. The number of benzene rings is 1. The van der Waals surface area contributed by atoms with Gasteiger partial charge in [-0.25, -0.2) is 9.97 Å². The Hall–Kier alpha value is -3.63. The molecule has 5 heterocycles. The summed E-state index contributed by atoms with van der Waals surface area (Å²) in [6.45, 7) is 6.62. The van der Waals surface area contributed by atoms with Crippen LogP contribution in [-0.2, 0) is 19.5 Å². The second kappa shape index (κ2) is 10.4. The minimum atomic E-state index is 0.558. The lowest BCUT2D eigenvalue weighted by molar-refractivity contribution is 0.244. The van der Waals surface area contributed by atoms with Crippen molar-refractivity contribution < 1.29 is 13.9 Å². The zero-order valence-corrected chi connectivity index (χ0v) is 21.4. The van der Waals surface area contributed by atoms with Gasteiger partial charge in [-0.1, -0.05) is 0 Å². The third-order valence-electron chi connectivity index (χ3n) is 7.28. The summed E-state index contributed by atoms with van der Waals surface area (Å²) in [5.74, 6) is 3.44. The normalized spacial score (nSPS) is 16.3. The van der Waals surface area contributed by atoms with Crippen molar-refractivity contribution in [2.45, 2.75) is 32.4 Å². The van der Waals surface area contributed by atoms with Gasteiger partial charge in [-0.15, -0.1) is 5.10 Å². The van der Waals surface area contributed by atoms with Gasteiger partial charge in [0.05, 0.1) is 20.5 Å². The van der Waals surface area contributed by atoms with E-state index in [1.165, 1.54) is 37.1 Å². The second-order valence-corrected chi connectivity index (χ2v) is 9.67. The van der Waals surface area contributed by atoms with Crippen molar-refractivity contribution in [3.05, 3.63) is 53.4 Å². The van der Waals surface area contributed by atoms with E-state index in [-0.39, 0.29) is 0 Å². The number of hydrogen-bond acceptors (Lipinski definition) is 9. The van der Waals surface area contributed by atoms with Crippen molar-refractivity contribution in [1.82, 2.24) is 29.4 Å². The number of rotatable bonds is 9. The highest BCUT2D eigenvalue weighted by molar-refractivity contribution is 5.58. The molecule has 1 saturated heterocycles. The number of ether oxygens (including phenoxy) is 2. The number of furan rings is 1. The summed E-state index contributed by atoms with van der Waals surface area (Å²) in [6, 6.07) is 7.92. The van der Waals surface area contributed by atoms with Gasteiger partial charge < -0.3 is 24.1 Å². The molecule has 2 aliphatic rings. The molecule has 0 amide bonds. The molecule has 0 atom stereocenters. The Morgan fingerprint density at radius 2 is 1.84 bits per heavy atom. The summed E-state index contributed by atoms with van der Waals surface area (Å²) in [5, 5.41) is 8.24. The smallest absolute Gasteiger partial charge is 0.225 e. The van der Waals surface area contributed by atoms with Gasteiger partial charge >= 0.3 is 0 Å². The first-order valence-corrected chi connectivity index (χ1v) is 12.9. The van der Waals surface area contributed by atoms with Crippen molar-refractivity contribution in [3.8, 4) is 23.1 Å². The first-order chi connectivity index (χ1) is 18.2. The molecular formula is C27H33N7O3. The van der Waals surface area contributed by atoms with Gasteiger partial charge in [-0.3, -0.25) is 4.90 Å². The van der Waals surface area contributed by atoms with E-state index in [0.29, 0.717) is 24.1 Å². The van der Waals surface area contributed by atoms with Crippen LogP contribution < -0.4 is 14.8 Å². The molecule has 4 aromatic rings. The molecule has 0 unspecified atom stereocenters. The Kier molecular flexibility index (Phi) is 6.67. The van der Waals surface area contributed by atoms with Crippen LogP contribution in [0.3, 0.4) is 0 Å². The molecule has 37 heavy (non-hydrogen) atoms. The van der Waals surface area contributed by atoms with E-state index in [9.17, 15) is 0 Å². The van der Waals surface area contributed by atoms with E-state index in [0.717, 1.165) is 55.3 Å². The minimum Gasteiger partial charge on any atom is -0.493 e. The molecule has 3 aromatic heterocycles.